The first-order valence-electron chi connectivity index (χ1n) is 6.57. The molecule has 0 aliphatic heterocycles. The van der Waals surface area contributed by atoms with Crippen molar-refractivity contribution in [1.29, 1.82) is 0 Å². The Balaban J connectivity index is 3.04. The first-order chi connectivity index (χ1) is 9.08. The fraction of sp³-hybridized carbons (Fsp3) is 0.375. The van der Waals surface area contributed by atoms with Gasteiger partial charge in [0.25, 0.3) is 0 Å². The Morgan fingerprint density at radius 3 is 2.32 bits per heavy atom. The highest BCUT2D eigenvalue weighted by Gasteiger charge is 2.18. The van der Waals surface area contributed by atoms with Gasteiger partial charge >= 0.3 is 5.97 Å². The van der Waals surface area contributed by atoms with E-state index in [0.29, 0.717) is 12.8 Å². The first-order valence-corrected chi connectivity index (χ1v) is 6.57. The van der Waals surface area contributed by atoms with Crippen molar-refractivity contribution in [2.24, 2.45) is 0 Å². The maximum absolute atomic E-state index is 12.0. The third-order valence-corrected chi connectivity index (χ3v) is 2.66. The molecule has 19 heavy (non-hydrogen) atoms. The quantitative estimate of drug-likeness (QED) is 0.341. The number of Topliss-reactive ketones (excluding diaryl/α,β-unsaturated/α-hetero) is 1. The lowest BCUT2D eigenvalue weighted by atomic mass is 10.0. The van der Waals surface area contributed by atoms with E-state index in [1.54, 1.807) is 13.0 Å². The van der Waals surface area contributed by atoms with Gasteiger partial charge in [0.2, 0.25) is 0 Å². The van der Waals surface area contributed by atoms with Gasteiger partial charge in [-0.15, -0.1) is 0 Å². The van der Waals surface area contributed by atoms with Crippen LogP contribution in [0.25, 0.3) is 6.08 Å². The second-order valence-electron chi connectivity index (χ2n) is 4.36. The molecule has 0 amide bonds. The van der Waals surface area contributed by atoms with Crippen molar-refractivity contribution >= 4 is 17.8 Å². The van der Waals surface area contributed by atoms with Gasteiger partial charge in [-0.25, -0.2) is 4.79 Å². The van der Waals surface area contributed by atoms with E-state index in [9.17, 15) is 9.59 Å². The lowest BCUT2D eigenvalue weighted by Gasteiger charge is -2.06. The summed E-state index contributed by atoms with van der Waals surface area (Å²) in [4.78, 5) is 23.8. The molecule has 1 rings (SSSR count). The predicted molar refractivity (Wildman–Crippen MR) is 75.7 cm³/mol. The van der Waals surface area contributed by atoms with Crippen molar-refractivity contribution in [2.45, 2.75) is 33.6 Å². The number of hydrogen-bond acceptors (Lipinski definition) is 3. The molecule has 0 heterocycles. The topological polar surface area (TPSA) is 43.4 Å². The minimum Gasteiger partial charge on any atom is -0.462 e. The van der Waals surface area contributed by atoms with E-state index >= 15 is 0 Å². The molecule has 0 aliphatic carbocycles. The average molecular weight is 260 g/mol. The summed E-state index contributed by atoms with van der Waals surface area (Å²) in [5.74, 6) is -0.706. The molecule has 0 radical (unpaired) electrons. The molecule has 0 atom stereocenters. The van der Waals surface area contributed by atoms with Gasteiger partial charge in [0.1, 0.15) is 5.57 Å². The summed E-state index contributed by atoms with van der Waals surface area (Å²) in [7, 11) is 0. The molecule has 0 saturated carbocycles. The molecule has 0 fully saturated rings. The molecule has 0 aromatic heterocycles. The molecule has 0 saturated heterocycles. The molecule has 3 heteroatoms. The average Bonchev–Trinajstić information content (AvgIpc) is 2.38. The van der Waals surface area contributed by atoms with Gasteiger partial charge in [-0.1, -0.05) is 36.8 Å². The molecule has 3 nitrogen and oxygen atoms in total. The maximum Gasteiger partial charge on any atom is 0.341 e. The van der Waals surface area contributed by atoms with E-state index in [4.69, 9.17) is 4.74 Å². The van der Waals surface area contributed by atoms with Gasteiger partial charge in [-0.2, -0.15) is 0 Å². The van der Waals surface area contributed by atoms with E-state index in [2.05, 4.69) is 0 Å². The Morgan fingerprint density at radius 1 is 1.16 bits per heavy atom. The van der Waals surface area contributed by atoms with Crippen LogP contribution in [-0.2, 0) is 14.3 Å². The Labute approximate surface area is 114 Å². The van der Waals surface area contributed by atoms with Gasteiger partial charge in [0.05, 0.1) is 6.61 Å². The van der Waals surface area contributed by atoms with Crippen molar-refractivity contribution in [3.05, 3.63) is 41.0 Å². The molecular formula is C16H20O3. The lowest BCUT2D eigenvalue weighted by Crippen LogP contribution is -2.15. The van der Waals surface area contributed by atoms with Crippen molar-refractivity contribution in [3.63, 3.8) is 0 Å². The smallest absolute Gasteiger partial charge is 0.341 e. The van der Waals surface area contributed by atoms with Gasteiger partial charge in [-0.3, -0.25) is 4.79 Å². The highest BCUT2D eigenvalue weighted by atomic mass is 16.5. The van der Waals surface area contributed by atoms with Crippen LogP contribution in [0.1, 0.15) is 37.8 Å². The standard InChI is InChI=1S/C16H20O3/c1-4-6-15(17)14(16(18)19-5-2)11-13-9-7-12(3)8-10-13/h7-11H,4-6H2,1-3H3/b14-11+. The molecule has 0 unspecified atom stereocenters. The van der Waals surface area contributed by atoms with Crippen LogP contribution >= 0.6 is 0 Å². The van der Waals surface area contributed by atoms with E-state index in [1.807, 2.05) is 38.1 Å². The Kier molecular flexibility index (Phi) is 6.00. The highest BCUT2D eigenvalue weighted by molar-refractivity contribution is 6.20. The number of rotatable bonds is 6. The van der Waals surface area contributed by atoms with Gasteiger partial charge < -0.3 is 4.74 Å². The number of carbonyl (C=O) groups excluding carboxylic acids is 2. The fourth-order valence-corrected chi connectivity index (χ4v) is 1.65. The SMILES string of the molecule is CCCC(=O)/C(=C\c1ccc(C)cc1)C(=O)OCC. The summed E-state index contributed by atoms with van der Waals surface area (Å²) in [6.45, 7) is 5.89. The molecule has 1 aromatic rings. The van der Waals surface area contributed by atoms with Crippen LogP contribution in [0.3, 0.4) is 0 Å². The second kappa shape index (κ2) is 7.52. The lowest BCUT2D eigenvalue weighted by molar-refractivity contribution is -0.139. The normalized spacial score (nSPS) is 11.2. The van der Waals surface area contributed by atoms with Gasteiger partial charge in [0, 0.05) is 6.42 Å². The summed E-state index contributed by atoms with van der Waals surface area (Å²) in [6.07, 6.45) is 2.68. The van der Waals surface area contributed by atoms with Crippen molar-refractivity contribution in [3.8, 4) is 0 Å². The van der Waals surface area contributed by atoms with Gasteiger partial charge in [0.15, 0.2) is 5.78 Å². The molecule has 102 valence electrons. The minimum atomic E-state index is -0.540. The third-order valence-electron chi connectivity index (χ3n) is 2.66. The fourth-order valence-electron chi connectivity index (χ4n) is 1.65. The summed E-state index contributed by atoms with van der Waals surface area (Å²) in [5.41, 5.74) is 2.10. The maximum atomic E-state index is 12.0. The largest absolute Gasteiger partial charge is 0.462 e. The van der Waals surface area contributed by atoms with Crippen molar-refractivity contribution in [1.82, 2.24) is 0 Å². The zero-order valence-corrected chi connectivity index (χ0v) is 11.7. The van der Waals surface area contributed by atoms with Crippen LogP contribution in [0.15, 0.2) is 29.8 Å². The molecule has 0 bridgehead atoms. The second-order valence-corrected chi connectivity index (χ2v) is 4.36. The first kappa shape index (κ1) is 15.2. The summed E-state index contributed by atoms with van der Waals surface area (Å²) >= 11 is 0. The zero-order valence-electron chi connectivity index (χ0n) is 11.7. The third kappa shape index (κ3) is 4.70. The number of esters is 1. The minimum absolute atomic E-state index is 0.132. The van der Waals surface area contributed by atoms with E-state index < -0.39 is 5.97 Å². The van der Waals surface area contributed by atoms with Crippen LogP contribution in [0.2, 0.25) is 0 Å². The molecular weight excluding hydrogens is 240 g/mol. The summed E-state index contributed by atoms with van der Waals surface area (Å²) < 4.78 is 4.94. The van der Waals surface area contributed by atoms with E-state index in [-0.39, 0.29) is 18.0 Å². The number of carbonyl (C=O) groups is 2. The Morgan fingerprint density at radius 2 is 1.79 bits per heavy atom. The zero-order chi connectivity index (χ0) is 14.3. The molecule has 0 spiro atoms. The van der Waals surface area contributed by atoms with E-state index in [1.165, 1.54) is 0 Å². The van der Waals surface area contributed by atoms with Crippen LogP contribution in [0.5, 0.6) is 0 Å². The Bertz CT molecular complexity index is 449. The highest BCUT2D eigenvalue weighted by Crippen LogP contribution is 2.13. The number of ether oxygens (including phenoxy) is 1. The predicted octanol–water partition coefficient (Wildman–Crippen LogP) is 3.31. The van der Waals surface area contributed by atoms with Crippen molar-refractivity contribution < 1.29 is 14.3 Å². The summed E-state index contributed by atoms with van der Waals surface area (Å²) in [6, 6.07) is 7.65. The number of aryl methyl sites for hydroxylation is 1. The summed E-state index contributed by atoms with van der Waals surface area (Å²) in [5, 5.41) is 0. The Hall–Kier alpha value is -1.90. The number of hydrogen-bond donors (Lipinski definition) is 0. The molecule has 1 aromatic carbocycles. The molecule has 0 aliphatic rings. The van der Waals surface area contributed by atoms with Crippen LogP contribution < -0.4 is 0 Å². The van der Waals surface area contributed by atoms with Gasteiger partial charge in [-0.05, 0) is 31.9 Å². The van der Waals surface area contributed by atoms with Crippen LogP contribution in [-0.4, -0.2) is 18.4 Å². The van der Waals surface area contributed by atoms with E-state index in [0.717, 1.165) is 11.1 Å². The number of ketones is 1. The van der Waals surface area contributed by atoms with Crippen LogP contribution in [0, 0.1) is 6.92 Å². The monoisotopic (exact) mass is 260 g/mol. The van der Waals surface area contributed by atoms with Crippen molar-refractivity contribution in [2.75, 3.05) is 6.61 Å². The van der Waals surface area contributed by atoms with Crippen LogP contribution in [0.4, 0.5) is 0 Å². The number of benzene rings is 1. The molecule has 0 N–H and O–H groups in total.